The highest BCUT2D eigenvalue weighted by Gasteiger charge is 2.31. The number of tetrazole rings is 1. The maximum Gasteiger partial charge on any atom is 0.245 e. The Morgan fingerprint density at radius 2 is 1.82 bits per heavy atom. The first kappa shape index (κ1) is 11.0. The molecule has 1 aliphatic carbocycles. The summed E-state index contributed by atoms with van der Waals surface area (Å²) in [6.45, 7) is 6.87. The topological polar surface area (TPSA) is 46.8 Å². The second-order valence-electron chi connectivity index (χ2n) is 5.72. The fourth-order valence-electron chi connectivity index (χ4n) is 2.72. The first-order chi connectivity index (χ1) is 8.25. The molecule has 1 aromatic rings. The molecule has 1 saturated carbocycles. The lowest BCUT2D eigenvalue weighted by molar-refractivity contribution is 0.308. The Kier molecular flexibility index (Phi) is 2.76. The first-order valence-corrected chi connectivity index (χ1v) is 6.78. The molecule has 0 spiro atoms. The molecule has 1 aromatic heterocycles. The Hall–Kier alpha value is -1.13. The van der Waals surface area contributed by atoms with Crippen molar-refractivity contribution in [1.29, 1.82) is 0 Å². The van der Waals surface area contributed by atoms with Crippen molar-refractivity contribution < 1.29 is 0 Å². The molecule has 0 unspecified atom stereocenters. The van der Waals surface area contributed by atoms with Crippen LogP contribution in [0.3, 0.4) is 0 Å². The molecular weight excluding hydrogens is 214 g/mol. The van der Waals surface area contributed by atoms with Crippen molar-refractivity contribution in [3.05, 3.63) is 0 Å². The van der Waals surface area contributed by atoms with E-state index in [1.54, 1.807) is 0 Å². The molecule has 1 aliphatic heterocycles. The summed E-state index contributed by atoms with van der Waals surface area (Å²) >= 11 is 0. The van der Waals surface area contributed by atoms with Gasteiger partial charge in [-0.2, -0.15) is 0 Å². The van der Waals surface area contributed by atoms with Crippen LogP contribution >= 0.6 is 0 Å². The third-order valence-electron chi connectivity index (χ3n) is 4.13. The van der Waals surface area contributed by atoms with Crippen LogP contribution in [0.2, 0.25) is 0 Å². The van der Waals surface area contributed by atoms with Gasteiger partial charge in [-0.05, 0) is 47.9 Å². The quantitative estimate of drug-likeness (QED) is 0.802. The largest absolute Gasteiger partial charge is 0.340 e. The number of hydrogen-bond donors (Lipinski definition) is 0. The molecule has 2 aliphatic rings. The van der Waals surface area contributed by atoms with Crippen LogP contribution in [0, 0.1) is 11.8 Å². The van der Waals surface area contributed by atoms with Gasteiger partial charge >= 0.3 is 0 Å². The van der Waals surface area contributed by atoms with E-state index in [4.69, 9.17) is 0 Å². The van der Waals surface area contributed by atoms with Crippen molar-refractivity contribution in [3.8, 4) is 0 Å². The van der Waals surface area contributed by atoms with Crippen molar-refractivity contribution in [3.63, 3.8) is 0 Å². The van der Waals surface area contributed by atoms with E-state index in [-0.39, 0.29) is 0 Å². The molecule has 0 N–H and O–H groups in total. The lowest BCUT2D eigenvalue weighted by Crippen LogP contribution is -2.37. The highest BCUT2D eigenvalue weighted by atomic mass is 15.6. The average molecular weight is 235 g/mol. The normalized spacial score (nSPS) is 22.4. The molecule has 0 bridgehead atoms. The van der Waals surface area contributed by atoms with Crippen molar-refractivity contribution >= 4 is 5.95 Å². The molecular formula is C12H21N5. The van der Waals surface area contributed by atoms with E-state index in [9.17, 15) is 0 Å². The van der Waals surface area contributed by atoms with Crippen LogP contribution in [0.5, 0.6) is 0 Å². The molecule has 1 saturated heterocycles. The Labute approximate surface area is 102 Å². The molecule has 0 radical (unpaired) electrons. The average Bonchev–Trinajstić information content (AvgIpc) is 3.07. The summed E-state index contributed by atoms with van der Waals surface area (Å²) in [4.78, 5) is 2.36. The molecule has 0 atom stereocenters. The summed E-state index contributed by atoms with van der Waals surface area (Å²) in [5.41, 5.74) is 0. The summed E-state index contributed by atoms with van der Waals surface area (Å²) in [5.74, 6) is 2.67. The standard InChI is InChI=1S/C12H21N5/c1-9(2)10-5-7-16(8-6-10)12-13-14-15-17(12)11-3-4-11/h9-11H,3-8H2,1-2H3. The highest BCUT2D eigenvalue weighted by Crippen LogP contribution is 2.37. The number of piperidine rings is 1. The van der Waals surface area contributed by atoms with E-state index >= 15 is 0 Å². The van der Waals surface area contributed by atoms with Crippen LogP contribution in [0.4, 0.5) is 5.95 Å². The molecule has 5 nitrogen and oxygen atoms in total. The van der Waals surface area contributed by atoms with E-state index in [1.807, 2.05) is 4.68 Å². The second-order valence-corrected chi connectivity index (χ2v) is 5.72. The predicted molar refractivity (Wildman–Crippen MR) is 65.9 cm³/mol. The van der Waals surface area contributed by atoms with Gasteiger partial charge in [0.2, 0.25) is 5.95 Å². The Morgan fingerprint density at radius 1 is 1.12 bits per heavy atom. The van der Waals surface area contributed by atoms with Gasteiger partial charge in [-0.15, -0.1) is 0 Å². The Bertz CT molecular complexity index is 374. The van der Waals surface area contributed by atoms with Crippen LogP contribution in [0.15, 0.2) is 0 Å². The van der Waals surface area contributed by atoms with E-state index in [0.717, 1.165) is 30.9 Å². The van der Waals surface area contributed by atoms with Gasteiger partial charge < -0.3 is 4.90 Å². The maximum atomic E-state index is 4.20. The van der Waals surface area contributed by atoms with Crippen molar-refractivity contribution in [2.45, 2.75) is 45.6 Å². The Morgan fingerprint density at radius 3 is 2.41 bits per heavy atom. The summed E-state index contributed by atoms with van der Waals surface area (Å²) in [7, 11) is 0. The predicted octanol–water partition coefficient (Wildman–Crippen LogP) is 1.88. The maximum absolute atomic E-state index is 4.20. The van der Waals surface area contributed by atoms with Gasteiger partial charge in [-0.3, -0.25) is 0 Å². The smallest absolute Gasteiger partial charge is 0.245 e. The minimum absolute atomic E-state index is 0.572. The van der Waals surface area contributed by atoms with E-state index < -0.39 is 0 Å². The van der Waals surface area contributed by atoms with Crippen molar-refractivity contribution in [2.75, 3.05) is 18.0 Å². The SMILES string of the molecule is CC(C)C1CCN(c2nnnn2C2CC2)CC1. The summed E-state index contributed by atoms with van der Waals surface area (Å²) in [5, 5.41) is 12.2. The van der Waals surface area contributed by atoms with Gasteiger partial charge in [0, 0.05) is 13.1 Å². The van der Waals surface area contributed by atoms with Crippen molar-refractivity contribution in [1.82, 2.24) is 20.2 Å². The highest BCUT2D eigenvalue weighted by molar-refractivity contribution is 5.29. The second kappa shape index (κ2) is 4.27. The number of rotatable bonds is 3. The molecule has 94 valence electrons. The van der Waals surface area contributed by atoms with Crippen molar-refractivity contribution in [2.24, 2.45) is 11.8 Å². The van der Waals surface area contributed by atoms with Crippen LogP contribution < -0.4 is 4.90 Å². The number of hydrogen-bond acceptors (Lipinski definition) is 4. The zero-order valence-corrected chi connectivity index (χ0v) is 10.7. The summed E-state index contributed by atoms with van der Waals surface area (Å²) < 4.78 is 2.02. The van der Waals surface area contributed by atoms with Crippen LogP contribution in [-0.4, -0.2) is 33.3 Å². The first-order valence-electron chi connectivity index (χ1n) is 6.78. The van der Waals surface area contributed by atoms with E-state index in [2.05, 4.69) is 34.3 Å². The van der Waals surface area contributed by atoms with Crippen LogP contribution in [0.1, 0.15) is 45.6 Å². The number of aromatic nitrogens is 4. The fraction of sp³-hybridized carbons (Fsp3) is 0.917. The fourth-order valence-corrected chi connectivity index (χ4v) is 2.72. The van der Waals surface area contributed by atoms with Gasteiger partial charge in [-0.25, -0.2) is 4.68 Å². The van der Waals surface area contributed by atoms with E-state index in [1.165, 1.54) is 25.7 Å². The van der Waals surface area contributed by atoms with Gasteiger partial charge in [0.1, 0.15) is 0 Å². The molecule has 5 heteroatoms. The summed E-state index contributed by atoms with van der Waals surface area (Å²) in [6.07, 6.45) is 5.02. The molecule has 0 aromatic carbocycles. The molecule has 17 heavy (non-hydrogen) atoms. The number of nitrogens with zero attached hydrogens (tertiary/aromatic N) is 5. The number of anilines is 1. The van der Waals surface area contributed by atoms with Gasteiger partial charge in [-0.1, -0.05) is 18.9 Å². The molecule has 2 heterocycles. The lowest BCUT2D eigenvalue weighted by atomic mass is 9.87. The zero-order valence-electron chi connectivity index (χ0n) is 10.7. The molecule has 2 fully saturated rings. The van der Waals surface area contributed by atoms with Crippen LogP contribution in [-0.2, 0) is 0 Å². The zero-order chi connectivity index (χ0) is 11.8. The third-order valence-corrected chi connectivity index (χ3v) is 4.13. The minimum Gasteiger partial charge on any atom is -0.340 e. The lowest BCUT2D eigenvalue weighted by Gasteiger charge is -2.33. The molecule has 3 rings (SSSR count). The van der Waals surface area contributed by atoms with Gasteiger partial charge in [0.15, 0.2) is 0 Å². The monoisotopic (exact) mass is 235 g/mol. The third kappa shape index (κ3) is 2.15. The minimum atomic E-state index is 0.572. The summed E-state index contributed by atoms with van der Waals surface area (Å²) in [6, 6.07) is 0.572. The van der Waals surface area contributed by atoms with Gasteiger partial charge in [0.25, 0.3) is 0 Å². The van der Waals surface area contributed by atoms with Gasteiger partial charge in [0.05, 0.1) is 6.04 Å². The van der Waals surface area contributed by atoms with Crippen LogP contribution in [0.25, 0.3) is 0 Å². The van der Waals surface area contributed by atoms with E-state index in [0.29, 0.717) is 6.04 Å². The molecule has 0 amide bonds. The Balaban J connectivity index is 1.67.